The average molecular weight is 243 g/mol. The average Bonchev–Trinajstić information content (AvgIpc) is 2.10. The van der Waals surface area contributed by atoms with Gasteiger partial charge in [0.15, 0.2) is 8.32 Å². The van der Waals surface area contributed by atoms with E-state index in [0.717, 1.165) is 12.8 Å². The van der Waals surface area contributed by atoms with Crippen LogP contribution in [0.2, 0.25) is 18.1 Å². The summed E-state index contributed by atoms with van der Waals surface area (Å²) in [6, 6.07) is 0. The van der Waals surface area contributed by atoms with Gasteiger partial charge in [0, 0.05) is 17.6 Å². The second-order valence-corrected chi connectivity index (χ2v) is 10.5. The molecule has 94 valence electrons. The molecule has 0 rings (SSSR count). The van der Waals surface area contributed by atoms with Gasteiger partial charge in [-0.2, -0.15) is 0 Å². The van der Waals surface area contributed by atoms with E-state index in [0.29, 0.717) is 6.54 Å². The number of azide groups is 1. The summed E-state index contributed by atoms with van der Waals surface area (Å²) in [5.41, 5.74) is 8.16. The minimum Gasteiger partial charge on any atom is -0.414 e. The van der Waals surface area contributed by atoms with E-state index in [9.17, 15) is 0 Å². The zero-order chi connectivity index (χ0) is 12.8. The van der Waals surface area contributed by atoms with Crippen LogP contribution in [-0.4, -0.2) is 21.0 Å². The predicted octanol–water partition coefficient (Wildman–Crippen LogP) is 4.49. The number of hydrogen-bond donors (Lipinski definition) is 0. The van der Waals surface area contributed by atoms with Crippen LogP contribution in [0.4, 0.5) is 0 Å². The molecule has 0 aliphatic rings. The Morgan fingerprint density at radius 3 is 2.38 bits per heavy atom. The second-order valence-electron chi connectivity index (χ2n) is 5.79. The molecule has 0 N–H and O–H groups in total. The van der Waals surface area contributed by atoms with Crippen LogP contribution in [0.15, 0.2) is 5.11 Å². The molecule has 5 heteroatoms. The predicted molar refractivity (Wildman–Crippen MR) is 71.0 cm³/mol. The summed E-state index contributed by atoms with van der Waals surface area (Å²) >= 11 is 0. The van der Waals surface area contributed by atoms with E-state index in [2.05, 4.69) is 50.8 Å². The molecule has 1 atom stereocenters. The van der Waals surface area contributed by atoms with Gasteiger partial charge in [-0.1, -0.05) is 25.9 Å². The summed E-state index contributed by atoms with van der Waals surface area (Å²) in [6.45, 7) is 13.9. The minimum atomic E-state index is -1.64. The molecule has 0 bridgehead atoms. The van der Waals surface area contributed by atoms with Crippen molar-refractivity contribution in [3.63, 3.8) is 0 Å². The Hall–Kier alpha value is -0.513. The van der Waals surface area contributed by atoms with Gasteiger partial charge >= 0.3 is 0 Å². The molecule has 16 heavy (non-hydrogen) atoms. The molecule has 0 aromatic carbocycles. The maximum atomic E-state index is 8.16. The van der Waals surface area contributed by atoms with Gasteiger partial charge in [-0.05, 0) is 43.4 Å². The molecule has 0 aromatic heterocycles. The Labute approximate surface area is 100 Å². The smallest absolute Gasteiger partial charge is 0.192 e. The maximum absolute atomic E-state index is 8.16. The van der Waals surface area contributed by atoms with Crippen molar-refractivity contribution in [2.75, 3.05) is 6.54 Å². The van der Waals surface area contributed by atoms with Crippen molar-refractivity contribution in [3.8, 4) is 0 Å². The van der Waals surface area contributed by atoms with Crippen molar-refractivity contribution < 1.29 is 4.43 Å². The zero-order valence-corrected chi connectivity index (χ0v) is 12.4. The van der Waals surface area contributed by atoms with Gasteiger partial charge in [0.1, 0.15) is 0 Å². The molecule has 0 spiro atoms. The summed E-state index contributed by atoms with van der Waals surface area (Å²) in [5.74, 6) is 0. The van der Waals surface area contributed by atoms with Crippen LogP contribution in [0.5, 0.6) is 0 Å². The quantitative estimate of drug-likeness (QED) is 0.223. The molecule has 0 heterocycles. The third-order valence-corrected chi connectivity index (χ3v) is 7.84. The highest BCUT2D eigenvalue weighted by atomic mass is 28.4. The van der Waals surface area contributed by atoms with Gasteiger partial charge in [-0.25, -0.2) is 0 Å². The molecular formula is C11H25N3OSi. The normalized spacial score (nSPS) is 14.4. The van der Waals surface area contributed by atoms with Crippen molar-refractivity contribution in [1.29, 1.82) is 0 Å². The Morgan fingerprint density at radius 1 is 1.38 bits per heavy atom. The van der Waals surface area contributed by atoms with Crippen LogP contribution in [-0.2, 0) is 4.43 Å². The fraction of sp³-hybridized carbons (Fsp3) is 1.00. The van der Waals surface area contributed by atoms with Crippen LogP contribution in [0.25, 0.3) is 10.4 Å². The Morgan fingerprint density at radius 2 is 1.94 bits per heavy atom. The van der Waals surface area contributed by atoms with E-state index in [1.54, 1.807) is 0 Å². The summed E-state index contributed by atoms with van der Waals surface area (Å²) < 4.78 is 6.19. The van der Waals surface area contributed by atoms with Crippen LogP contribution in [0, 0.1) is 0 Å². The van der Waals surface area contributed by atoms with E-state index in [4.69, 9.17) is 9.96 Å². The molecule has 1 unspecified atom stereocenters. The fourth-order valence-electron chi connectivity index (χ4n) is 1.23. The third kappa shape index (κ3) is 5.54. The van der Waals surface area contributed by atoms with E-state index in [1.165, 1.54) is 0 Å². The lowest BCUT2D eigenvalue weighted by atomic mass is 10.2. The van der Waals surface area contributed by atoms with Crippen LogP contribution >= 0.6 is 0 Å². The first-order valence-electron chi connectivity index (χ1n) is 5.89. The van der Waals surface area contributed by atoms with Gasteiger partial charge < -0.3 is 4.43 Å². The van der Waals surface area contributed by atoms with E-state index >= 15 is 0 Å². The summed E-state index contributed by atoms with van der Waals surface area (Å²) in [7, 11) is -1.64. The van der Waals surface area contributed by atoms with Crippen LogP contribution in [0.1, 0.15) is 40.5 Å². The maximum Gasteiger partial charge on any atom is 0.192 e. The van der Waals surface area contributed by atoms with Crippen molar-refractivity contribution in [3.05, 3.63) is 10.4 Å². The highest BCUT2D eigenvalue weighted by molar-refractivity contribution is 6.74. The molecule has 0 saturated carbocycles. The largest absolute Gasteiger partial charge is 0.414 e. The Bertz CT molecular complexity index is 254. The van der Waals surface area contributed by atoms with E-state index in [-0.39, 0.29) is 11.1 Å². The first-order chi connectivity index (χ1) is 7.20. The molecule has 0 aliphatic carbocycles. The summed E-state index contributed by atoms with van der Waals surface area (Å²) in [5, 5.41) is 3.78. The lowest BCUT2D eigenvalue weighted by Crippen LogP contribution is -2.43. The molecule has 0 fully saturated rings. The summed E-state index contributed by atoms with van der Waals surface area (Å²) in [6.07, 6.45) is 2.13. The van der Waals surface area contributed by atoms with Crippen LogP contribution in [0.3, 0.4) is 0 Å². The van der Waals surface area contributed by atoms with E-state index < -0.39 is 8.32 Å². The molecule has 0 aliphatic heterocycles. The van der Waals surface area contributed by atoms with Gasteiger partial charge in [0.2, 0.25) is 0 Å². The lowest BCUT2D eigenvalue weighted by molar-refractivity contribution is 0.187. The molecule has 4 nitrogen and oxygen atoms in total. The second kappa shape index (κ2) is 6.28. The number of nitrogens with zero attached hydrogens (tertiary/aromatic N) is 3. The minimum absolute atomic E-state index is 0.256. The highest BCUT2D eigenvalue weighted by Gasteiger charge is 2.38. The third-order valence-electron chi connectivity index (χ3n) is 3.23. The van der Waals surface area contributed by atoms with Crippen LogP contribution < -0.4 is 0 Å². The van der Waals surface area contributed by atoms with E-state index in [1.807, 2.05) is 0 Å². The highest BCUT2D eigenvalue weighted by Crippen LogP contribution is 2.37. The van der Waals surface area contributed by atoms with Gasteiger partial charge in [-0.3, -0.25) is 0 Å². The number of rotatable bonds is 6. The zero-order valence-electron chi connectivity index (χ0n) is 11.4. The van der Waals surface area contributed by atoms with Gasteiger partial charge in [0.25, 0.3) is 0 Å². The first-order valence-corrected chi connectivity index (χ1v) is 8.80. The Kier molecular flexibility index (Phi) is 6.08. The first kappa shape index (κ1) is 15.5. The molecule has 0 aromatic rings. The standard InChI is InChI=1S/C11H25N3OSi/c1-10(8-7-9-13-14-12)15-16(5,6)11(2,3)4/h10H,7-9H2,1-6H3. The SMILES string of the molecule is CC(CCCN=[N+]=[N-])O[Si](C)(C)C(C)(C)C. The van der Waals surface area contributed by atoms with Crippen molar-refractivity contribution in [2.24, 2.45) is 5.11 Å². The van der Waals surface area contributed by atoms with Gasteiger partial charge in [0.05, 0.1) is 0 Å². The van der Waals surface area contributed by atoms with Gasteiger partial charge in [-0.15, -0.1) is 0 Å². The molecule has 0 amide bonds. The molecular weight excluding hydrogens is 218 g/mol. The summed E-state index contributed by atoms with van der Waals surface area (Å²) in [4.78, 5) is 2.74. The van der Waals surface area contributed by atoms with Crippen molar-refractivity contribution in [1.82, 2.24) is 0 Å². The lowest BCUT2D eigenvalue weighted by Gasteiger charge is -2.38. The number of hydrogen-bond acceptors (Lipinski definition) is 2. The topological polar surface area (TPSA) is 58.0 Å². The molecule has 0 radical (unpaired) electrons. The fourth-order valence-corrected chi connectivity index (χ4v) is 2.71. The van der Waals surface area contributed by atoms with Crippen molar-refractivity contribution >= 4 is 8.32 Å². The molecule has 0 saturated heterocycles. The monoisotopic (exact) mass is 243 g/mol. The van der Waals surface area contributed by atoms with Crippen molar-refractivity contribution in [2.45, 2.75) is 64.8 Å². The Balaban J connectivity index is 4.04.